The van der Waals surface area contributed by atoms with Gasteiger partial charge >= 0.3 is 0 Å². The molecular formula is C12H12N4O3S. The molecule has 0 aliphatic carbocycles. The summed E-state index contributed by atoms with van der Waals surface area (Å²) >= 11 is 0. The minimum atomic E-state index is -3.70. The van der Waals surface area contributed by atoms with Gasteiger partial charge in [0.25, 0.3) is 0 Å². The van der Waals surface area contributed by atoms with Crippen molar-refractivity contribution in [2.24, 2.45) is 0 Å². The molecule has 104 valence electrons. The molecule has 0 bridgehead atoms. The predicted molar refractivity (Wildman–Crippen MR) is 70.7 cm³/mol. The number of benzene rings is 1. The van der Waals surface area contributed by atoms with Crippen LogP contribution >= 0.6 is 0 Å². The van der Waals surface area contributed by atoms with Crippen molar-refractivity contribution in [1.29, 1.82) is 0 Å². The summed E-state index contributed by atoms with van der Waals surface area (Å²) in [5, 5.41) is 2.56. The largest absolute Gasteiger partial charge is 0.338 e. The second-order valence-corrected chi connectivity index (χ2v) is 6.61. The van der Waals surface area contributed by atoms with Crippen molar-refractivity contribution < 1.29 is 12.9 Å². The maximum atomic E-state index is 12.5. The van der Waals surface area contributed by atoms with Crippen LogP contribution in [0.25, 0.3) is 11.0 Å². The summed E-state index contributed by atoms with van der Waals surface area (Å²) in [4.78, 5) is 10.9. The summed E-state index contributed by atoms with van der Waals surface area (Å²) in [5.74, 6) is 0.453. The van der Waals surface area contributed by atoms with E-state index in [1.54, 1.807) is 25.1 Å². The van der Waals surface area contributed by atoms with Crippen LogP contribution in [0.4, 0.5) is 0 Å². The zero-order valence-corrected chi connectivity index (χ0v) is 11.7. The monoisotopic (exact) mass is 292 g/mol. The first kappa shape index (κ1) is 12.8. The fourth-order valence-electron chi connectivity index (χ4n) is 1.84. The van der Waals surface area contributed by atoms with E-state index in [1.807, 2.05) is 6.07 Å². The van der Waals surface area contributed by atoms with E-state index in [9.17, 15) is 8.42 Å². The molecule has 3 rings (SSSR count). The van der Waals surface area contributed by atoms with Crippen molar-refractivity contribution in [2.75, 3.05) is 0 Å². The van der Waals surface area contributed by atoms with E-state index in [0.29, 0.717) is 16.9 Å². The van der Waals surface area contributed by atoms with Crippen LogP contribution in [0, 0.1) is 6.92 Å². The molecule has 7 nitrogen and oxygen atoms in total. The van der Waals surface area contributed by atoms with E-state index in [2.05, 4.69) is 20.1 Å². The van der Waals surface area contributed by atoms with Crippen LogP contribution < -0.4 is 0 Å². The molecule has 1 aromatic carbocycles. The number of aromatic nitrogens is 4. The number of fused-ring (bicyclic) bond motifs is 1. The molecule has 0 saturated heterocycles. The second kappa shape index (κ2) is 4.41. The van der Waals surface area contributed by atoms with Gasteiger partial charge in [0.05, 0.1) is 11.0 Å². The number of aryl methyl sites for hydroxylation is 1. The molecule has 2 heterocycles. The molecule has 0 fully saturated rings. The Morgan fingerprint density at radius 1 is 1.25 bits per heavy atom. The van der Waals surface area contributed by atoms with E-state index in [4.69, 9.17) is 4.52 Å². The Morgan fingerprint density at radius 3 is 2.65 bits per heavy atom. The lowest BCUT2D eigenvalue weighted by molar-refractivity contribution is 0.372. The number of nitrogens with one attached hydrogen (secondary N) is 1. The standard InChI is InChI=1S/C12H12N4O3S/c1-7(11-13-8(2)16-19-11)20(17,18)12-14-9-5-3-4-6-10(9)15-12/h3-7H,1-2H3,(H,14,15). The van der Waals surface area contributed by atoms with Gasteiger partial charge in [-0.05, 0) is 26.0 Å². The number of H-pyrrole nitrogens is 1. The highest BCUT2D eigenvalue weighted by Crippen LogP contribution is 2.26. The number of rotatable bonds is 3. The van der Waals surface area contributed by atoms with Crippen LogP contribution in [0.2, 0.25) is 0 Å². The van der Waals surface area contributed by atoms with Crippen molar-refractivity contribution in [3.8, 4) is 0 Å². The van der Waals surface area contributed by atoms with E-state index in [0.717, 1.165) is 0 Å². The number of hydrogen-bond donors (Lipinski definition) is 1. The summed E-state index contributed by atoms with van der Waals surface area (Å²) in [6, 6.07) is 7.11. The number of imidazole rings is 1. The maximum Gasteiger partial charge on any atom is 0.245 e. The average molecular weight is 292 g/mol. The summed E-state index contributed by atoms with van der Waals surface area (Å²) in [6.45, 7) is 3.13. The van der Waals surface area contributed by atoms with Gasteiger partial charge < -0.3 is 9.51 Å². The predicted octanol–water partition coefficient (Wildman–Crippen LogP) is 1.79. The Balaban J connectivity index is 2.07. The quantitative estimate of drug-likeness (QED) is 0.789. The summed E-state index contributed by atoms with van der Waals surface area (Å²) in [5.41, 5.74) is 1.26. The van der Waals surface area contributed by atoms with Gasteiger partial charge in [0.1, 0.15) is 5.25 Å². The normalized spacial score (nSPS) is 13.7. The third-order valence-electron chi connectivity index (χ3n) is 2.99. The molecule has 8 heteroatoms. The lowest BCUT2D eigenvalue weighted by Gasteiger charge is -2.05. The van der Waals surface area contributed by atoms with Crippen molar-refractivity contribution in [3.63, 3.8) is 0 Å². The molecule has 20 heavy (non-hydrogen) atoms. The zero-order valence-electron chi connectivity index (χ0n) is 10.9. The SMILES string of the molecule is Cc1noc(C(C)S(=O)(=O)c2nc3ccccc3[nH]2)n1. The molecule has 0 radical (unpaired) electrons. The summed E-state index contributed by atoms with van der Waals surface area (Å²) in [7, 11) is -3.70. The molecule has 2 aromatic heterocycles. The van der Waals surface area contributed by atoms with E-state index in [1.165, 1.54) is 6.92 Å². The molecule has 0 aliphatic heterocycles. The van der Waals surface area contributed by atoms with Gasteiger partial charge in [-0.3, -0.25) is 0 Å². The molecule has 0 aliphatic rings. The van der Waals surface area contributed by atoms with Gasteiger partial charge in [-0.25, -0.2) is 13.4 Å². The fraction of sp³-hybridized carbons (Fsp3) is 0.250. The third-order valence-corrected chi connectivity index (χ3v) is 4.86. The molecule has 1 N–H and O–H groups in total. The smallest absolute Gasteiger partial charge is 0.245 e. The van der Waals surface area contributed by atoms with Gasteiger partial charge in [0, 0.05) is 0 Å². The topological polar surface area (TPSA) is 102 Å². The zero-order chi connectivity index (χ0) is 14.3. The lowest BCUT2D eigenvalue weighted by atomic mass is 10.3. The van der Waals surface area contributed by atoms with Crippen molar-refractivity contribution in [1.82, 2.24) is 20.1 Å². The Kier molecular flexibility index (Phi) is 2.82. The van der Waals surface area contributed by atoms with Crippen molar-refractivity contribution >= 4 is 20.9 Å². The van der Waals surface area contributed by atoms with Gasteiger partial charge in [-0.15, -0.1) is 0 Å². The van der Waals surface area contributed by atoms with Crippen LogP contribution in [-0.4, -0.2) is 28.5 Å². The molecule has 0 spiro atoms. The molecule has 1 atom stereocenters. The number of aromatic amines is 1. The van der Waals surface area contributed by atoms with Gasteiger partial charge in [-0.1, -0.05) is 17.3 Å². The highest BCUT2D eigenvalue weighted by molar-refractivity contribution is 7.91. The molecular weight excluding hydrogens is 280 g/mol. The van der Waals surface area contributed by atoms with Crippen LogP contribution in [0.15, 0.2) is 33.9 Å². The average Bonchev–Trinajstić information content (AvgIpc) is 3.03. The maximum absolute atomic E-state index is 12.5. The number of nitrogens with zero attached hydrogens (tertiary/aromatic N) is 3. The number of para-hydroxylation sites is 2. The third kappa shape index (κ3) is 1.97. The fourth-order valence-corrected chi connectivity index (χ4v) is 3.02. The minimum Gasteiger partial charge on any atom is -0.338 e. The van der Waals surface area contributed by atoms with Crippen LogP contribution in [-0.2, 0) is 9.84 Å². The first-order valence-corrected chi connectivity index (χ1v) is 7.52. The Bertz CT molecular complexity index is 833. The Labute approximate surface area is 115 Å². The first-order valence-electron chi connectivity index (χ1n) is 5.97. The van der Waals surface area contributed by atoms with E-state index >= 15 is 0 Å². The minimum absolute atomic E-state index is 0.0583. The molecule has 0 amide bonds. The summed E-state index contributed by atoms with van der Waals surface area (Å²) < 4.78 is 29.9. The van der Waals surface area contributed by atoms with Crippen LogP contribution in [0.1, 0.15) is 23.9 Å². The second-order valence-electron chi connectivity index (χ2n) is 4.43. The van der Waals surface area contributed by atoms with E-state index < -0.39 is 15.1 Å². The van der Waals surface area contributed by atoms with Gasteiger partial charge in [-0.2, -0.15) is 4.98 Å². The van der Waals surface area contributed by atoms with Crippen molar-refractivity contribution in [3.05, 3.63) is 36.0 Å². The van der Waals surface area contributed by atoms with E-state index in [-0.39, 0.29) is 11.0 Å². The number of hydrogen-bond acceptors (Lipinski definition) is 6. The van der Waals surface area contributed by atoms with Gasteiger partial charge in [0.2, 0.25) is 20.9 Å². The molecule has 3 aromatic rings. The van der Waals surface area contributed by atoms with Crippen molar-refractivity contribution in [2.45, 2.75) is 24.3 Å². The Morgan fingerprint density at radius 2 is 2.00 bits per heavy atom. The Hall–Kier alpha value is -2.22. The number of sulfone groups is 1. The van der Waals surface area contributed by atoms with Gasteiger partial charge in [0.15, 0.2) is 5.82 Å². The summed E-state index contributed by atoms with van der Waals surface area (Å²) in [6.07, 6.45) is 0. The highest BCUT2D eigenvalue weighted by Gasteiger charge is 2.32. The lowest BCUT2D eigenvalue weighted by Crippen LogP contribution is -2.12. The highest BCUT2D eigenvalue weighted by atomic mass is 32.2. The van der Waals surface area contributed by atoms with Crippen LogP contribution in [0.3, 0.4) is 0 Å². The first-order chi connectivity index (χ1) is 9.48. The molecule has 0 saturated carbocycles. The van der Waals surface area contributed by atoms with Crippen LogP contribution in [0.5, 0.6) is 0 Å². The molecule has 1 unspecified atom stereocenters.